The minimum atomic E-state index is -1.20. The highest BCUT2D eigenvalue weighted by Crippen LogP contribution is 2.37. The summed E-state index contributed by atoms with van der Waals surface area (Å²) in [6.45, 7) is 0. The molecule has 6 heteroatoms. The van der Waals surface area contributed by atoms with Crippen LogP contribution in [0, 0.1) is 0 Å². The first-order chi connectivity index (χ1) is 6.06. The standard InChI is InChI=1S/C7H5IO5/c8-13-5-2-3(7(11)12)1-4(9)6(5)10/h1-2,9-10H,(H,11,12). The van der Waals surface area contributed by atoms with Gasteiger partial charge in [-0.05, 0) is 12.1 Å². The van der Waals surface area contributed by atoms with Gasteiger partial charge in [0.25, 0.3) is 0 Å². The maximum atomic E-state index is 10.5. The van der Waals surface area contributed by atoms with E-state index in [2.05, 4.69) is 3.07 Å². The molecule has 70 valence electrons. The lowest BCUT2D eigenvalue weighted by atomic mass is 10.2. The number of carboxylic acid groups (broad SMARTS) is 1. The molecule has 0 bridgehead atoms. The van der Waals surface area contributed by atoms with E-state index in [0.29, 0.717) is 0 Å². The highest BCUT2D eigenvalue weighted by atomic mass is 127. The Morgan fingerprint density at radius 3 is 2.46 bits per heavy atom. The number of phenolic OH excluding ortho intramolecular Hbond substituents is 2. The third-order valence-electron chi connectivity index (χ3n) is 1.38. The van der Waals surface area contributed by atoms with Crippen molar-refractivity contribution in [3.05, 3.63) is 17.7 Å². The zero-order chi connectivity index (χ0) is 10.0. The average molecular weight is 296 g/mol. The SMILES string of the molecule is O=C(O)c1cc(O)c(O)c(OI)c1. The zero-order valence-electron chi connectivity index (χ0n) is 6.19. The van der Waals surface area contributed by atoms with Crippen LogP contribution in [-0.4, -0.2) is 21.3 Å². The smallest absolute Gasteiger partial charge is 0.335 e. The Labute approximate surface area is 87.3 Å². The quantitative estimate of drug-likeness (QED) is 0.569. The minimum absolute atomic E-state index is 0.0852. The predicted octanol–water partition coefficient (Wildman–Crippen LogP) is 1.52. The summed E-state index contributed by atoms with van der Waals surface area (Å²) in [5.74, 6) is -2.28. The van der Waals surface area contributed by atoms with Gasteiger partial charge in [0.05, 0.1) is 5.56 Å². The number of hydrogen-bond acceptors (Lipinski definition) is 4. The summed E-state index contributed by atoms with van der Waals surface area (Å²) in [5.41, 5.74) is -0.151. The number of halogens is 1. The van der Waals surface area contributed by atoms with Gasteiger partial charge in [0.15, 0.2) is 34.5 Å². The normalized spacial score (nSPS) is 9.62. The van der Waals surface area contributed by atoms with Crippen molar-refractivity contribution in [1.29, 1.82) is 0 Å². The molecule has 0 aliphatic carbocycles. The Kier molecular flexibility index (Phi) is 2.81. The fourth-order valence-electron chi connectivity index (χ4n) is 0.775. The van der Waals surface area contributed by atoms with E-state index in [9.17, 15) is 4.79 Å². The lowest BCUT2D eigenvalue weighted by molar-refractivity contribution is 0.0696. The van der Waals surface area contributed by atoms with E-state index >= 15 is 0 Å². The summed E-state index contributed by atoms with van der Waals surface area (Å²) in [7, 11) is 0. The molecule has 0 aromatic heterocycles. The van der Waals surface area contributed by atoms with Gasteiger partial charge in [0.2, 0.25) is 5.75 Å². The minimum Gasteiger partial charge on any atom is -0.504 e. The van der Waals surface area contributed by atoms with Crippen LogP contribution in [0.25, 0.3) is 0 Å². The lowest BCUT2D eigenvalue weighted by Crippen LogP contribution is -1.95. The number of rotatable bonds is 2. The molecule has 13 heavy (non-hydrogen) atoms. The number of carboxylic acids is 1. The molecule has 3 N–H and O–H groups in total. The van der Waals surface area contributed by atoms with Gasteiger partial charge < -0.3 is 18.4 Å². The van der Waals surface area contributed by atoms with Crippen LogP contribution in [0.5, 0.6) is 17.2 Å². The van der Waals surface area contributed by atoms with Crippen molar-refractivity contribution in [2.24, 2.45) is 0 Å². The Morgan fingerprint density at radius 1 is 1.38 bits per heavy atom. The number of aromatic carboxylic acids is 1. The molecule has 1 aromatic rings. The molecular weight excluding hydrogens is 291 g/mol. The molecule has 0 saturated carbocycles. The summed E-state index contributed by atoms with van der Waals surface area (Å²) in [5, 5.41) is 26.8. The molecular formula is C7H5IO5. The molecule has 0 fully saturated rings. The van der Waals surface area contributed by atoms with Crippen LogP contribution in [0.4, 0.5) is 0 Å². The Bertz CT molecular complexity index is 349. The van der Waals surface area contributed by atoms with Crippen LogP contribution in [-0.2, 0) is 0 Å². The molecule has 0 saturated heterocycles. The third-order valence-corrected chi connectivity index (χ3v) is 1.86. The first-order valence-corrected chi connectivity index (χ1v) is 4.02. The van der Waals surface area contributed by atoms with Crippen molar-refractivity contribution in [1.82, 2.24) is 0 Å². The van der Waals surface area contributed by atoms with Gasteiger partial charge in [0, 0.05) is 0 Å². The highest BCUT2D eigenvalue weighted by Gasteiger charge is 2.13. The summed E-state index contributed by atoms with van der Waals surface area (Å²) >= 11 is 1.47. The lowest BCUT2D eigenvalue weighted by Gasteiger charge is -2.04. The summed E-state index contributed by atoms with van der Waals surface area (Å²) < 4.78 is 4.61. The first kappa shape index (κ1) is 9.90. The molecule has 0 aliphatic rings. The number of phenols is 2. The van der Waals surface area contributed by atoms with E-state index < -0.39 is 17.5 Å². The summed E-state index contributed by atoms with van der Waals surface area (Å²) in [6.07, 6.45) is 0. The van der Waals surface area contributed by atoms with E-state index in [1.54, 1.807) is 0 Å². The number of hydrogen-bond donors (Lipinski definition) is 3. The van der Waals surface area contributed by atoms with Gasteiger partial charge in [-0.25, -0.2) is 4.79 Å². The van der Waals surface area contributed by atoms with Gasteiger partial charge in [-0.2, -0.15) is 0 Å². The van der Waals surface area contributed by atoms with Gasteiger partial charge in [-0.1, -0.05) is 0 Å². The number of aromatic hydroxyl groups is 2. The molecule has 0 unspecified atom stereocenters. The topological polar surface area (TPSA) is 87.0 Å². The maximum absolute atomic E-state index is 10.5. The van der Waals surface area contributed by atoms with Gasteiger partial charge in [-0.15, -0.1) is 0 Å². The largest absolute Gasteiger partial charge is 0.504 e. The molecule has 5 nitrogen and oxygen atoms in total. The van der Waals surface area contributed by atoms with Crippen molar-refractivity contribution in [3.8, 4) is 17.2 Å². The fourth-order valence-corrected chi connectivity index (χ4v) is 1.11. The van der Waals surface area contributed by atoms with Crippen LogP contribution in [0.1, 0.15) is 10.4 Å². The van der Waals surface area contributed by atoms with Gasteiger partial charge >= 0.3 is 5.97 Å². The second-order valence-corrected chi connectivity index (χ2v) is 2.66. The van der Waals surface area contributed by atoms with E-state index in [-0.39, 0.29) is 11.3 Å². The predicted molar refractivity (Wildman–Crippen MR) is 51.4 cm³/mol. The molecule has 0 aliphatic heterocycles. The van der Waals surface area contributed by atoms with Gasteiger partial charge in [-0.3, -0.25) is 0 Å². The first-order valence-electron chi connectivity index (χ1n) is 3.14. The average Bonchev–Trinajstić information content (AvgIpc) is 2.09. The van der Waals surface area contributed by atoms with Crippen molar-refractivity contribution < 1.29 is 23.2 Å². The molecule has 0 radical (unpaired) electrons. The maximum Gasteiger partial charge on any atom is 0.335 e. The van der Waals surface area contributed by atoms with Crippen molar-refractivity contribution in [2.75, 3.05) is 0 Å². The zero-order valence-corrected chi connectivity index (χ0v) is 8.35. The number of carbonyl (C=O) groups is 1. The van der Waals surface area contributed by atoms with Crippen LogP contribution in [0.2, 0.25) is 0 Å². The fraction of sp³-hybridized carbons (Fsp3) is 0. The van der Waals surface area contributed by atoms with E-state index in [1.807, 2.05) is 0 Å². The molecule has 0 atom stereocenters. The molecule has 0 spiro atoms. The Hall–Kier alpha value is -1.18. The van der Waals surface area contributed by atoms with E-state index in [0.717, 1.165) is 12.1 Å². The second-order valence-electron chi connectivity index (χ2n) is 2.22. The molecule has 1 aromatic carbocycles. The van der Waals surface area contributed by atoms with Crippen molar-refractivity contribution >= 4 is 29.0 Å². The Morgan fingerprint density at radius 2 is 2.00 bits per heavy atom. The summed E-state index contributed by atoms with van der Waals surface area (Å²) in [6, 6.07) is 2.06. The van der Waals surface area contributed by atoms with Gasteiger partial charge in [0.1, 0.15) is 0 Å². The highest BCUT2D eigenvalue weighted by molar-refractivity contribution is 14.1. The monoisotopic (exact) mass is 296 g/mol. The molecule has 0 heterocycles. The molecule has 1 rings (SSSR count). The van der Waals surface area contributed by atoms with Crippen LogP contribution < -0.4 is 3.07 Å². The number of benzene rings is 1. The van der Waals surface area contributed by atoms with E-state index in [1.165, 1.54) is 23.0 Å². The molecule has 0 amide bonds. The van der Waals surface area contributed by atoms with Crippen molar-refractivity contribution in [3.63, 3.8) is 0 Å². The van der Waals surface area contributed by atoms with Crippen LogP contribution in [0.3, 0.4) is 0 Å². The Balaban J connectivity index is 3.30. The third kappa shape index (κ3) is 1.94. The van der Waals surface area contributed by atoms with Crippen molar-refractivity contribution in [2.45, 2.75) is 0 Å². The summed E-state index contributed by atoms with van der Waals surface area (Å²) in [4.78, 5) is 10.5. The van der Waals surface area contributed by atoms with Crippen LogP contribution in [0.15, 0.2) is 12.1 Å². The van der Waals surface area contributed by atoms with E-state index in [4.69, 9.17) is 15.3 Å². The second kappa shape index (κ2) is 3.69. The van der Waals surface area contributed by atoms with Crippen LogP contribution >= 0.6 is 23.0 Å².